The first kappa shape index (κ1) is 17.4. The molecule has 7 nitrogen and oxygen atoms in total. The molecule has 0 bridgehead atoms. The summed E-state index contributed by atoms with van der Waals surface area (Å²) in [7, 11) is 1.92. The van der Waals surface area contributed by atoms with Gasteiger partial charge in [0.2, 0.25) is 5.91 Å². The Morgan fingerprint density at radius 2 is 2.12 bits per heavy atom. The second-order valence-corrected chi connectivity index (χ2v) is 6.67. The van der Waals surface area contributed by atoms with Gasteiger partial charge in [0.25, 0.3) is 0 Å². The molecule has 1 atom stereocenters. The zero-order valence-corrected chi connectivity index (χ0v) is 15.6. The molecule has 1 aliphatic rings. The van der Waals surface area contributed by atoms with Gasteiger partial charge in [0.05, 0.1) is 17.3 Å². The lowest BCUT2D eigenvalue weighted by Gasteiger charge is -2.30. The molecule has 0 aliphatic carbocycles. The number of rotatable bonds is 4. The van der Waals surface area contributed by atoms with Crippen molar-refractivity contribution in [2.75, 3.05) is 18.4 Å². The number of fused-ring (bicyclic) bond motifs is 1. The van der Waals surface area contributed by atoms with E-state index in [0.29, 0.717) is 13.1 Å². The Kier molecular flexibility index (Phi) is 4.74. The highest BCUT2D eigenvalue weighted by Crippen LogP contribution is 2.27. The van der Waals surface area contributed by atoms with Crippen molar-refractivity contribution in [2.24, 2.45) is 7.05 Å². The van der Waals surface area contributed by atoms with Crippen molar-refractivity contribution in [2.45, 2.75) is 46.6 Å². The van der Waals surface area contributed by atoms with E-state index >= 15 is 0 Å². The van der Waals surface area contributed by atoms with Crippen LogP contribution in [-0.2, 0) is 24.8 Å². The third-order valence-corrected chi connectivity index (χ3v) is 4.98. The monoisotopic (exact) mass is 342 g/mol. The van der Waals surface area contributed by atoms with Crippen LogP contribution < -0.4 is 5.32 Å². The molecule has 0 saturated heterocycles. The lowest BCUT2D eigenvalue weighted by molar-refractivity contribution is -0.133. The quantitative estimate of drug-likeness (QED) is 0.919. The molecule has 0 unspecified atom stereocenters. The number of hydrogen-bond acceptors (Lipinski definition) is 5. The normalized spacial score (nSPS) is 15.0. The minimum absolute atomic E-state index is 0.145. The fourth-order valence-corrected chi connectivity index (χ4v) is 3.60. The molecule has 0 spiro atoms. The maximum absolute atomic E-state index is 13.1. The summed E-state index contributed by atoms with van der Waals surface area (Å²) in [6, 6.07) is 2.01. The van der Waals surface area contributed by atoms with Crippen molar-refractivity contribution in [1.82, 2.24) is 24.9 Å². The van der Waals surface area contributed by atoms with Gasteiger partial charge in [-0.05, 0) is 39.3 Å². The van der Waals surface area contributed by atoms with Crippen LogP contribution in [0.1, 0.15) is 48.0 Å². The van der Waals surface area contributed by atoms with Crippen molar-refractivity contribution in [3.8, 4) is 0 Å². The van der Waals surface area contributed by atoms with Gasteiger partial charge >= 0.3 is 0 Å². The van der Waals surface area contributed by atoms with Crippen LogP contribution in [0.5, 0.6) is 0 Å². The molecule has 0 saturated carbocycles. The predicted octanol–water partition coefficient (Wildman–Crippen LogP) is 1.95. The second-order valence-electron chi connectivity index (χ2n) is 6.67. The molecule has 2 aromatic rings. The zero-order chi connectivity index (χ0) is 18.1. The summed E-state index contributed by atoms with van der Waals surface area (Å²) in [6.45, 7) is 10.1. The summed E-state index contributed by atoms with van der Waals surface area (Å²) >= 11 is 0. The van der Waals surface area contributed by atoms with Gasteiger partial charge < -0.3 is 10.2 Å². The molecule has 3 rings (SSSR count). The number of carbonyl (C=O) groups is 1. The van der Waals surface area contributed by atoms with Crippen molar-refractivity contribution in [1.29, 1.82) is 0 Å². The van der Waals surface area contributed by atoms with Gasteiger partial charge in [-0.3, -0.25) is 9.48 Å². The van der Waals surface area contributed by atoms with Gasteiger partial charge in [0.1, 0.15) is 5.82 Å². The van der Waals surface area contributed by atoms with Gasteiger partial charge in [-0.1, -0.05) is 0 Å². The van der Waals surface area contributed by atoms with Crippen LogP contribution in [0.2, 0.25) is 0 Å². The minimum Gasteiger partial charge on any atom is -0.369 e. The summed E-state index contributed by atoms with van der Waals surface area (Å²) in [5, 5.41) is 16.1. The molecule has 1 N–H and O–H groups in total. The zero-order valence-electron chi connectivity index (χ0n) is 15.6. The Bertz CT molecular complexity index is 797. The van der Waals surface area contributed by atoms with E-state index in [2.05, 4.69) is 20.6 Å². The molecule has 134 valence electrons. The van der Waals surface area contributed by atoms with Crippen LogP contribution in [0.25, 0.3) is 0 Å². The first-order valence-corrected chi connectivity index (χ1v) is 8.80. The molecule has 1 aliphatic heterocycles. The van der Waals surface area contributed by atoms with Gasteiger partial charge in [0, 0.05) is 44.4 Å². The van der Waals surface area contributed by atoms with Crippen molar-refractivity contribution >= 4 is 11.7 Å². The van der Waals surface area contributed by atoms with E-state index in [4.69, 9.17) is 0 Å². The fraction of sp³-hybridized carbons (Fsp3) is 0.556. The molecule has 0 fully saturated rings. The van der Waals surface area contributed by atoms with Crippen molar-refractivity contribution < 1.29 is 4.79 Å². The fourth-order valence-electron chi connectivity index (χ4n) is 3.60. The van der Waals surface area contributed by atoms with E-state index in [1.165, 1.54) is 0 Å². The summed E-state index contributed by atoms with van der Waals surface area (Å²) in [5.41, 5.74) is 5.10. The molecule has 0 aromatic carbocycles. The Labute approximate surface area is 148 Å². The van der Waals surface area contributed by atoms with Crippen LogP contribution in [0.4, 0.5) is 5.82 Å². The molecule has 1 amide bonds. The molecule has 7 heteroatoms. The third kappa shape index (κ3) is 3.23. The van der Waals surface area contributed by atoms with E-state index in [-0.39, 0.29) is 11.8 Å². The standard InChI is InChI=1S/C18H26N6O/c1-6-19-16-9-14-10-24(8-7-15(14)20-21-16)18(25)11(2)17-12(3)22-23(5)13(17)4/h9,11H,6-8,10H2,1-5H3,(H,19,21)/t11-/m0/s1. The molecule has 25 heavy (non-hydrogen) atoms. The highest BCUT2D eigenvalue weighted by Gasteiger charge is 2.29. The number of amides is 1. The number of hydrogen-bond donors (Lipinski definition) is 1. The number of carbonyl (C=O) groups excluding carboxylic acids is 1. The van der Waals surface area contributed by atoms with Crippen LogP contribution in [0.3, 0.4) is 0 Å². The Morgan fingerprint density at radius 1 is 1.36 bits per heavy atom. The van der Waals surface area contributed by atoms with E-state index in [9.17, 15) is 4.79 Å². The number of nitrogens with one attached hydrogen (secondary N) is 1. The van der Waals surface area contributed by atoms with Gasteiger partial charge in [0.15, 0.2) is 0 Å². The molecule has 0 radical (unpaired) electrons. The SMILES string of the molecule is CCNc1cc2c(nn1)CCN(C(=O)[C@@H](C)c1c(C)nn(C)c1C)C2. The highest BCUT2D eigenvalue weighted by molar-refractivity contribution is 5.84. The highest BCUT2D eigenvalue weighted by atomic mass is 16.2. The van der Waals surface area contributed by atoms with E-state index in [0.717, 1.165) is 47.0 Å². The van der Waals surface area contributed by atoms with Crippen LogP contribution in [-0.4, -0.2) is 43.9 Å². The smallest absolute Gasteiger partial charge is 0.230 e. The summed E-state index contributed by atoms with van der Waals surface area (Å²) in [5.74, 6) is 0.715. The Balaban J connectivity index is 1.81. The van der Waals surface area contributed by atoms with Crippen LogP contribution in [0.15, 0.2) is 6.07 Å². The topological polar surface area (TPSA) is 75.9 Å². The van der Waals surface area contributed by atoms with E-state index in [1.807, 2.05) is 50.4 Å². The molecule has 2 aromatic heterocycles. The van der Waals surface area contributed by atoms with Gasteiger partial charge in [-0.2, -0.15) is 10.2 Å². The van der Waals surface area contributed by atoms with Crippen molar-refractivity contribution in [3.05, 3.63) is 34.3 Å². The summed E-state index contributed by atoms with van der Waals surface area (Å²) in [6.07, 6.45) is 0.748. The maximum Gasteiger partial charge on any atom is 0.230 e. The molecular weight excluding hydrogens is 316 g/mol. The predicted molar refractivity (Wildman–Crippen MR) is 96.4 cm³/mol. The lowest BCUT2D eigenvalue weighted by Crippen LogP contribution is -2.39. The average molecular weight is 342 g/mol. The summed E-state index contributed by atoms with van der Waals surface area (Å²) < 4.78 is 1.85. The van der Waals surface area contributed by atoms with E-state index < -0.39 is 0 Å². The first-order chi connectivity index (χ1) is 11.9. The van der Waals surface area contributed by atoms with Gasteiger partial charge in [-0.25, -0.2) is 0 Å². The lowest BCUT2D eigenvalue weighted by atomic mass is 9.96. The number of nitrogens with zero attached hydrogens (tertiary/aromatic N) is 5. The number of aromatic nitrogens is 4. The third-order valence-electron chi connectivity index (χ3n) is 4.98. The minimum atomic E-state index is -0.196. The number of anilines is 1. The van der Waals surface area contributed by atoms with E-state index in [1.54, 1.807) is 0 Å². The first-order valence-electron chi connectivity index (χ1n) is 8.80. The Hall–Kier alpha value is -2.44. The number of aryl methyl sites for hydroxylation is 2. The summed E-state index contributed by atoms with van der Waals surface area (Å²) in [4.78, 5) is 15.0. The maximum atomic E-state index is 13.1. The van der Waals surface area contributed by atoms with Crippen molar-refractivity contribution in [3.63, 3.8) is 0 Å². The average Bonchev–Trinajstić information content (AvgIpc) is 2.85. The molecular formula is C18H26N6O. The molecule has 3 heterocycles. The van der Waals surface area contributed by atoms with Crippen LogP contribution >= 0.6 is 0 Å². The largest absolute Gasteiger partial charge is 0.369 e. The second kappa shape index (κ2) is 6.82. The van der Waals surface area contributed by atoms with Gasteiger partial charge in [-0.15, -0.1) is 5.10 Å². The van der Waals surface area contributed by atoms with Crippen LogP contribution in [0, 0.1) is 13.8 Å². The Morgan fingerprint density at radius 3 is 2.76 bits per heavy atom.